The van der Waals surface area contributed by atoms with E-state index in [9.17, 15) is 0 Å². The summed E-state index contributed by atoms with van der Waals surface area (Å²) in [5.41, 5.74) is 8.89. The molecule has 0 fully saturated rings. The van der Waals surface area contributed by atoms with E-state index < -0.39 is 0 Å². The molecule has 7 nitrogen and oxygen atoms in total. The second kappa shape index (κ2) is 11.3. The molecular weight excluding hydrogens is 619 g/mol. The Morgan fingerprint density at radius 2 is 0.960 bits per heavy atom. The average molecular weight is 644 g/mol. The van der Waals surface area contributed by atoms with E-state index in [2.05, 4.69) is 6.07 Å². The lowest BCUT2D eigenvalue weighted by Gasteiger charge is -2.08. The molecule has 0 unspecified atom stereocenters. The van der Waals surface area contributed by atoms with Gasteiger partial charge in [0.2, 0.25) is 0 Å². The second-order valence-corrected chi connectivity index (χ2v) is 12.1. The molecule has 10 rings (SSSR count). The van der Waals surface area contributed by atoms with Gasteiger partial charge in [0.15, 0.2) is 28.9 Å². The molecule has 0 aliphatic carbocycles. The normalized spacial score (nSPS) is 11.6. The molecule has 4 heterocycles. The van der Waals surface area contributed by atoms with E-state index in [0.29, 0.717) is 34.5 Å². The summed E-state index contributed by atoms with van der Waals surface area (Å²) in [5.74, 6) is 2.37. The number of nitrogens with zero attached hydrogens (tertiary/aromatic N) is 5. The van der Waals surface area contributed by atoms with Crippen LogP contribution in [0.1, 0.15) is 0 Å². The Morgan fingerprint density at radius 3 is 1.66 bits per heavy atom. The van der Waals surface area contributed by atoms with E-state index >= 15 is 0 Å². The van der Waals surface area contributed by atoms with Gasteiger partial charge in [-0.2, -0.15) is 0 Å². The summed E-state index contributed by atoms with van der Waals surface area (Å²) >= 11 is 0. The highest BCUT2D eigenvalue weighted by atomic mass is 16.3. The standard InChI is InChI=1S/C43H25N5O2/c1-4-13-26(14-5-1)37-39-38(31-19-10-11-21-33(31)50-39)45-43(44-37)32-20-12-22-34-36(32)30-24-23-29(25-35(30)49-34)42-47-40(27-15-6-2-7-16-27)46-41(48-42)28-17-8-3-9-18-28/h1-25H. The summed E-state index contributed by atoms with van der Waals surface area (Å²) in [6, 6.07) is 50.1. The van der Waals surface area contributed by atoms with Crippen molar-refractivity contribution in [2.75, 3.05) is 0 Å². The first-order valence-corrected chi connectivity index (χ1v) is 16.3. The first-order valence-electron chi connectivity index (χ1n) is 16.3. The van der Waals surface area contributed by atoms with Gasteiger partial charge in [-0.15, -0.1) is 0 Å². The van der Waals surface area contributed by atoms with Crippen LogP contribution in [0.15, 0.2) is 160 Å². The van der Waals surface area contributed by atoms with Gasteiger partial charge < -0.3 is 8.83 Å². The van der Waals surface area contributed by atoms with Crippen molar-refractivity contribution in [1.29, 1.82) is 0 Å². The summed E-state index contributed by atoms with van der Waals surface area (Å²) in [5, 5.41) is 2.83. The molecule has 0 atom stereocenters. The van der Waals surface area contributed by atoms with Crippen molar-refractivity contribution in [3.05, 3.63) is 152 Å². The lowest BCUT2D eigenvalue weighted by molar-refractivity contribution is 0.667. The third kappa shape index (κ3) is 4.64. The fourth-order valence-electron chi connectivity index (χ4n) is 6.59. The molecule has 4 aromatic heterocycles. The van der Waals surface area contributed by atoms with Gasteiger partial charge in [-0.1, -0.05) is 121 Å². The molecule has 234 valence electrons. The Kier molecular flexibility index (Phi) is 6.35. The molecule has 0 saturated heterocycles. The third-order valence-electron chi connectivity index (χ3n) is 8.96. The first-order chi connectivity index (χ1) is 24.8. The number of hydrogen-bond acceptors (Lipinski definition) is 7. The van der Waals surface area contributed by atoms with E-state index in [0.717, 1.165) is 66.4 Å². The Morgan fingerprint density at radius 1 is 0.360 bits per heavy atom. The maximum absolute atomic E-state index is 6.52. The van der Waals surface area contributed by atoms with Crippen LogP contribution in [0, 0.1) is 0 Å². The Hall–Kier alpha value is -6.99. The maximum Gasteiger partial charge on any atom is 0.180 e. The van der Waals surface area contributed by atoms with Crippen molar-refractivity contribution < 1.29 is 8.83 Å². The highest BCUT2D eigenvalue weighted by Gasteiger charge is 2.21. The minimum absolute atomic E-state index is 0.563. The quantitative estimate of drug-likeness (QED) is 0.184. The van der Waals surface area contributed by atoms with Crippen LogP contribution in [0.3, 0.4) is 0 Å². The van der Waals surface area contributed by atoms with Crippen molar-refractivity contribution >= 4 is 44.0 Å². The van der Waals surface area contributed by atoms with Gasteiger partial charge in [0, 0.05) is 44.0 Å². The molecule has 0 radical (unpaired) electrons. The van der Waals surface area contributed by atoms with E-state index in [1.165, 1.54) is 0 Å². The van der Waals surface area contributed by atoms with Crippen LogP contribution in [-0.2, 0) is 0 Å². The third-order valence-corrected chi connectivity index (χ3v) is 8.96. The van der Waals surface area contributed by atoms with Crippen molar-refractivity contribution in [2.24, 2.45) is 0 Å². The van der Waals surface area contributed by atoms with Gasteiger partial charge in [0.25, 0.3) is 0 Å². The summed E-state index contributed by atoms with van der Waals surface area (Å²) in [6.07, 6.45) is 0. The summed E-state index contributed by atoms with van der Waals surface area (Å²) in [6.45, 7) is 0. The number of fused-ring (bicyclic) bond motifs is 6. The highest BCUT2D eigenvalue weighted by Crippen LogP contribution is 2.40. The van der Waals surface area contributed by atoms with Gasteiger partial charge in [0.1, 0.15) is 28.0 Å². The van der Waals surface area contributed by atoms with Crippen LogP contribution in [0.4, 0.5) is 0 Å². The van der Waals surface area contributed by atoms with Gasteiger partial charge in [-0.25, -0.2) is 24.9 Å². The lowest BCUT2D eigenvalue weighted by atomic mass is 10.0. The molecule has 10 aromatic rings. The fraction of sp³-hybridized carbons (Fsp3) is 0. The zero-order chi connectivity index (χ0) is 33.0. The van der Waals surface area contributed by atoms with Crippen molar-refractivity contribution in [2.45, 2.75) is 0 Å². The topological polar surface area (TPSA) is 90.7 Å². The van der Waals surface area contributed by atoms with Crippen molar-refractivity contribution in [1.82, 2.24) is 24.9 Å². The fourth-order valence-corrected chi connectivity index (χ4v) is 6.59. The summed E-state index contributed by atoms with van der Waals surface area (Å²) < 4.78 is 12.9. The molecule has 7 heteroatoms. The molecule has 50 heavy (non-hydrogen) atoms. The highest BCUT2D eigenvalue weighted by molar-refractivity contribution is 6.13. The average Bonchev–Trinajstić information content (AvgIpc) is 3.76. The van der Waals surface area contributed by atoms with Gasteiger partial charge in [-0.3, -0.25) is 0 Å². The second-order valence-electron chi connectivity index (χ2n) is 12.1. The molecule has 0 N–H and O–H groups in total. The Balaban J connectivity index is 1.16. The van der Waals surface area contributed by atoms with E-state index in [-0.39, 0.29) is 0 Å². The maximum atomic E-state index is 6.52. The van der Waals surface area contributed by atoms with Crippen LogP contribution >= 0.6 is 0 Å². The molecule has 0 aliphatic heterocycles. The summed E-state index contributed by atoms with van der Waals surface area (Å²) in [7, 11) is 0. The molecule has 0 amide bonds. The van der Waals surface area contributed by atoms with E-state index in [1.807, 2.05) is 146 Å². The summed E-state index contributed by atoms with van der Waals surface area (Å²) in [4.78, 5) is 24.9. The molecular formula is C43H25N5O2. The zero-order valence-corrected chi connectivity index (χ0v) is 26.5. The number of furan rings is 2. The predicted octanol–water partition coefficient (Wildman–Crippen LogP) is 10.8. The van der Waals surface area contributed by atoms with Gasteiger partial charge in [-0.05, 0) is 30.3 Å². The van der Waals surface area contributed by atoms with Crippen molar-refractivity contribution in [3.63, 3.8) is 0 Å². The number of para-hydroxylation sites is 1. The molecule has 0 aliphatic rings. The first kappa shape index (κ1) is 28.1. The van der Waals surface area contributed by atoms with E-state index in [1.54, 1.807) is 0 Å². The Bertz CT molecular complexity index is 2810. The zero-order valence-electron chi connectivity index (χ0n) is 26.5. The van der Waals surface area contributed by atoms with E-state index in [4.69, 9.17) is 33.8 Å². The minimum Gasteiger partial charge on any atom is -0.456 e. The number of aromatic nitrogens is 5. The van der Waals surface area contributed by atoms with Gasteiger partial charge in [0.05, 0.1) is 0 Å². The largest absolute Gasteiger partial charge is 0.456 e. The van der Waals surface area contributed by atoms with Crippen LogP contribution < -0.4 is 0 Å². The lowest BCUT2D eigenvalue weighted by Crippen LogP contribution is -2.00. The molecule has 0 spiro atoms. The monoisotopic (exact) mass is 643 g/mol. The van der Waals surface area contributed by atoms with Gasteiger partial charge >= 0.3 is 0 Å². The molecule has 0 saturated carbocycles. The SMILES string of the molecule is c1ccc(-c2nc(-c3ccccc3)nc(-c3ccc4c(c3)oc3cccc(-c5nc(-c6ccccc6)c6oc7ccccc7c6n5)c34)n2)cc1. The van der Waals surface area contributed by atoms with Crippen LogP contribution in [0.5, 0.6) is 0 Å². The minimum atomic E-state index is 0.563. The number of benzene rings is 6. The Labute approximate surface area is 285 Å². The smallest absolute Gasteiger partial charge is 0.180 e. The molecule has 0 bridgehead atoms. The van der Waals surface area contributed by atoms with Crippen LogP contribution in [0.2, 0.25) is 0 Å². The van der Waals surface area contributed by atoms with Crippen molar-refractivity contribution in [3.8, 4) is 56.8 Å². The molecule has 6 aromatic carbocycles. The number of hydrogen-bond donors (Lipinski definition) is 0. The van der Waals surface area contributed by atoms with Crippen LogP contribution in [-0.4, -0.2) is 24.9 Å². The van der Waals surface area contributed by atoms with Crippen LogP contribution in [0.25, 0.3) is 101 Å². The number of rotatable bonds is 5. The predicted molar refractivity (Wildman–Crippen MR) is 197 cm³/mol.